The number of nitrogens with two attached hydrogens (primary N) is 1. The summed E-state index contributed by atoms with van der Waals surface area (Å²) >= 11 is 3.82. The smallest absolute Gasteiger partial charge is 0.264 e. The van der Waals surface area contributed by atoms with E-state index in [-0.39, 0.29) is 30.4 Å². The molecule has 0 spiro atoms. The Kier molecular flexibility index (Phi) is 6.09. The summed E-state index contributed by atoms with van der Waals surface area (Å²) in [5, 5.41) is 2.42. The lowest BCUT2D eigenvalue weighted by Crippen LogP contribution is -2.42. The van der Waals surface area contributed by atoms with Crippen LogP contribution in [0.5, 0.6) is 0 Å². The molecule has 0 aromatic carbocycles. The standard InChI is InChI=1S/C6H14N2O4S2/c7-5(4-13)6(9)8-2-1-3-14(10,11)12/h5,13H,1-4,7H2,(H,8,9)(H,10,11,12)/t5-/m0/s1/i6+1. The van der Waals surface area contributed by atoms with Crippen molar-refractivity contribution in [1.82, 2.24) is 5.32 Å². The Labute approximate surface area is 88.4 Å². The molecule has 0 saturated heterocycles. The molecule has 8 heteroatoms. The second-order valence-electron chi connectivity index (χ2n) is 2.72. The first-order chi connectivity index (χ1) is 6.37. The van der Waals surface area contributed by atoms with E-state index in [1.54, 1.807) is 0 Å². The van der Waals surface area contributed by atoms with Gasteiger partial charge >= 0.3 is 0 Å². The van der Waals surface area contributed by atoms with Gasteiger partial charge in [-0.3, -0.25) is 9.35 Å². The number of thiol groups is 1. The van der Waals surface area contributed by atoms with Crippen LogP contribution in [0.2, 0.25) is 0 Å². The largest absolute Gasteiger partial charge is 0.355 e. The lowest BCUT2D eigenvalue weighted by molar-refractivity contribution is -0.121. The average molecular weight is 243 g/mol. The third kappa shape index (κ3) is 7.13. The van der Waals surface area contributed by atoms with Crippen molar-refractivity contribution >= 4 is 28.7 Å². The molecule has 1 amide bonds. The Balaban J connectivity index is 3.61. The number of hydrogen-bond acceptors (Lipinski definition) is 5. The van der Waals surface area contributed by atoms with E-state index in [2.05, 4.69) is 17.9 Å². The van der Waals surface area contributed by atoms with E-state index in [4.69, 9.17) is 10.3 Å². The van der Waals surface area contributed by atoms with Crippen molar-refractivity contribution in [2.45, 2.75) is 12.5 Å². The van der Waals surface area contributed by atoms with Crippen molar-refractivity contribution in [1.29, 1.82) is 0 Å². The lowest BCUT2D eigenvalue weighted by Gasteiger charge is -2.08. The molecule has 84 valence electrons. The van der Waals surface area contributed by atoms with Gasteiger partial charge in [-0.05, 0) is 6.42 Å². The van der Waals surface area contributed by atoms with Crippen LogP contribution in [0.4, 0.5) is 0 Å². The van der Waals surface area contributed by atoms with Crippen molar-refractivity contribution in [2.75, 3.05) is 18.1 Å². The fourth-order valence-corrected chi connectivity index (χ4v) is 1.36. The van der Waals surface area contributed by atoms with Crippen LogP contribution in [-0.2, 0) is 14.9 Å². The van der Waals surface area contributed by atoms with E-state index in [1.165, 1.54) is 0 Å². The zero-order valence-corrected chi connectivity index (χ0v) is 9.22. The van der Waals surface area contributed by atoms with Crippen molar-refractivity contribution in [2.24, 2.45) is 5.73 Å². The van der Waals surface area contributed by atoms with Gasteiger partial charge in [0.25, 0.3) is 10.1 Å². The van der Waals surface area contributed by atoms with Gasteiger partial charge in [0, 0.05) is 12.3 Å². The molecule has 0 aliphatic heterocycles. The maximum Gasteiger partial charge on any atom is 0.264 e. The van der Waals surface area contributed by atoms with Crippen molar-refractivity contribution < 1.29 is 17.8 Å². The molecule has 0 aliphatic carbocycles. The Morgan fingerprint density at radius 2 is 2.14 bits per heavy atom. The van der Waals surface area contributed by atoms with Gasteiger partial charge in [0.15, 0.2) is 0 Å². The summed E-state index contributed by atoms with van der Waals surface area (Å²) in [6.45, 7) is 0.167. The summed E-state index contributed by atoms with van der Waals surface area (Å²) in [4.78, 5) is 11.0. The van der Waals surface area contributed by atoms with Crippen molar-refractivity contribution in [3.63, 3.8) is 0 Å². The van der Waals surface area contributed by atoms with Gasteiger partial charge in [-0.2, -0.15) is 21.0 Å². The summed E-state index contributed by atoms with van der Waals surface area (Å²) in [7, 11) is -3.95. The van der Waals surface area contributed by atoms with Gasteiger partial charge in [0.2, 0.25) is 5.91 Å². The zero-order chi connectivity index (χ0) is 11.2. The zero-order valence-electron chi connectivity index (χ0n) is 7.51. The molecule has 0 radical (unpaired) electrons. The highest BCUT2D eigenvalue weighted by atomic mass is 32.2. The second kappa shape index (κ2) is 6.23. The van der Waals surface area contributed by atoms with E-state index in [0.717, 1.165) is 0 Å². The molecule has 4 N–H and O–H groups in total. The van der Waals surface area contributed by atoms with Gasteiger partial charge in [-0.1, -0.05) is 0 Å². The van der Waals surface area contributed by atoms with Crippen LogP contribution in [0, 0.1) is 0 Å². The normalized spacial score (nSPS) is 13.6. The molecule has 0 aromatic heterocycles. The maximum atomic E-state index is 11.0. The fourth-order valence-electron chi connectivity index (χ4n) is 0.680. The highest BCUT2D eigenvalue weighted by Crippen LogP contribution is 1.88. The number of amides is 1. The minimum Gasteiger partial charge on any atom is -0.355 e. The third-order valence-corrected chi connectivity index (χ3v) is 2.61. The number of rotatable bonds is 6. The van der Waals surface area contributed by atoms with E-state index in [1.807, 2.05) is 0 Å². The van der Waals surface area contributed by atoms with E-state index < -0.39 is 16.2 Å². The first kappa shape index (κ1) is 13.7. The number of hydrogen-bond donors (Lipinski definition) is 4. The summed E-state index contributed by atoms with van der Waals surface area (Å²) in [5.74, 6) is -0.525. The minimum atomic E-state index is -3.95. The highest BCUT2D eigenvalue weighted by Gasteiger charge is 2.10. The van der Waals surface area contributed by atoms with E-state index in [0.29, 0.717) is 0 Å². The Hall–Kier alpha value is -0.310. The maximum absolute atomic E-state index is 11.0. The van der Waals surface area contributed by atoms with Crippen molar-refractivity contribution in [3.8, 4) is 0 Å². The summed E-state index contributed by atoms with van der Waals surface area (Å²) in [6, 6.07) is -0.691. The van der Waals surface area contributed by atoms with E-state index in [9.17, 15) is 13.2 Å². The quantitative estimate of drug-likeness (QED) is 0.199. The summed E-state index contributed by atoms with van der Waals surface area (Å²) in [5.41, 5.74) is 5.33. The summed E-state index contributed by atoms with van der Waals surface area (Å²) < 4.78 is 28.9. The Morgan fingerprint density at radius 3 is 2.57 bits per heavy atom. The van der Waals surface area contributed by atoms with Crippen LogP contribution in [0.15, 0.2) is 0 Å². The van der Waals surface area contributed by atoms with Crippen LogP contribution < -0.4 is 11.1 Å². The van der Waals surface area contributed by atoms with Crippen molar-refractivity contribution in [3.05, 3.63) is 0 Å². The molecule has 0 bridgehead atoms. The topological polar surface area (TPSA) is 109 Å². The van der Waals surface area contributed by atoms with Crippen LogP contribution in [0.25, 0.3) is 0 Å². The van der Waals surface area contributed by atoms with Gasteiger partial charge < -0.3 is 11.1 Å². The highest BCUT2D eigenvalue weighted by molar-refractivity contribution is 7.85. The minimum absolute atomic E-state index is 0.157. The third-order valence-electron chi connectivity index (χ3n) is 1.41. The number of carbonyl (C=O) groups excluding carboxylic acids is 1. The molecule has 0 saturated carbocycles. The molecule has 0 rings (SSSR count). The van der Waals surface area contributed by atoms with Gasteiger partial charge in [0.05, 0.1) is 11.8 Å². The van der Waals surface area contributed by atoms with Crippen LogP contribution in [0.1, 0.15) is 6.42 Å². The predicted molar refractivity (Wildman–Crippen MR) is 55.9 cm³/mol. The monoisotopic (exact) mass is 243 g/mol. The Morgan fingerprint density at radius 1 is 1.57 bits per heavy atom. The molecule has 0 heterocycles. The first-order valence-electron chi connectivity index (χ1n) is 3.96. The molecule has 0 aromatic rings. The molecule has 14 heavy (non-hydrogen) atoms. The fraction of sp³-hybridized carbons (Fsp3) is 0.833. The predicted octanol–water partition coefficient (Wildman–Crippen LogP) is -1.36. The summed E-state index contributed by atoms with van der Waals surface area (Å²) in [6.07, 6.45) is 0.157. The van der Waals surface area contributed by atoms with Crippen LogP contribution in [-0.4, -0.2) is 43.0 Å². The van der Waals surface area contributed by atoms with Gasteiger partial charge in [-0.15, -0.1) is 0 Å². The average Bonchev–Trinajstić information content (AvgIpc) is 2.09. The van der Waals surface area contributed by atoms with E-state index >= 15 is 0 Å². The molecular weight excluding hydrogens is 229 g/mol. The lowest BCUT2D eigenvalue weighted by atomic mass is 10.5. The Bertz CT molecular complexity index is 278. The second-order valence-corrected chi connectivity index (χ2v) is 4.66. The van der Waals surface area contributed by atoms with Gasteiger partial charge in [0.1, 0.15) is 0 Å². The molecule has 0 aliphatic rings. The molecule has 6 nitrogen and oxygen atoms in total. The molecule has 0 unspecified atom stereocenters. The number of carbonyl (C=O) groups is 1. The number of nitrogens with one attached hydrogen (secondary N) is 1. The molecule has 1 atom stereocenters. The molecular formula is C6H14N2O4S2. The molecule has 0 fully saturated rings. The first-order valence-corrected chi connectivity index (χ1v) is 6.20. The SMILES string of the molecule is N[C@@H](CS)[13C](=O)NCCCS(=O)(=O)O. The van der Waals surface area contributed by atoms with Gasteiger partial charge in [-0.25, -0.2) is 0 Å². The van der Waals surface area contributed by atoms with Crippen LogP contribution >= 0.6 is 12.6 Å². The van der Waals surface area contributed by atoms with Crippen LogP contribution in [0.3, 0.4) is 0 Å².